The maximum Gasteiger partial charge on any atom is 0.257 e. The van der Waals surface area contributed by atoms with Crippen LogP contribution in [0.25, 0.3) is 0 Å². The van der Waals surface area contributed by atoms with Crippen molar-refractivity contribution in [3.63, 3.8) is 0 Å². The average Bonchev–Trinajstić information content (AvgIpc) is 2.48. The molecular formula is C18H18Cl2N2OS. The Morgan fingerprint density at radius 3 is 2.17 bits per heavy atom. The molecule has 0 aromatic heterocycles. The van der Waals surface area contributed by atoms with Crippen molar-refractivity contribution in [2.45, 2.75) is 26.2 Å². The number of hydrogen-bond acceptors (Lipinski definition) is 2. The van der Waals surface area contributed by atoms with Gasteiger partial charge in [-0.15, -0.1) is 0 Å². The molecule has 0 fully saturated rings. The third-order valence-corrected chi connectivity index (χ3v) is 4.06. The van der Waals surface area contributed by atoms with Crippen LogP contribution in [0.15, 0.2) is 42.5 Å². The van der Waals surface area contributed by atoms with Gasteiger partial charge in [-0.3, -0.25) is 10.1 Å². The van der Waals surface area contributed by atoms with Gasteiger partial charge in [0.1, 0.15) is 0 Å². The van der Waals surface area contributed by atoms with Gasteiger partial charge in [0.15, 0.2) is 5.11 Å². The van der Waals surface area contributed by atoms with E-state index >= 15 is 0 Å². The molecule has 1 amide bonds. The van der Waals surface area contributed by atoms with Crippen molar-refractivity contribution in [2.75, 3.05) is 5.32 Å². The van der Waals surface area contributed by atoms with Crippen LogP contribution in [0.3, 0.4) is 0 Å². The predicted molar refractivity (Wildman–Crippen MR) is 105 cm³/mol. The van der Waals surface area contributed by atoms with Gasteiger partial charge < -0.3 is 5.32 Å². The molecule has 0 aliphatic carbocycles. The zero-order chi connectivity index (χ0) is 17.9. The fourth-order valence-corrected chi connectivity index (χ4v) is 2.68. The molecule has 0 unspecified atom stereocenters. The summed E-state index contributed by atoms with van der Waals surface area (Å²) in [7, 11) is 0. The Morgan fingerprint density at radius 2 is 1.58 bits per heavy atom. The topological polar surface area (TPSA) is 41.1 Å². The van der Waals surface area contributed by atoms with E-state index in [1.807, 2.05) is 12.1 Å². The van der Waals surface area contributed by atoms with Crippen LogP contribution < -0.4 is 10.6 Å². The van der Waals surface area contributed by atoms with E-state index in [1.54, 1.807) is 30.3 Å². The second-order valence-corrected chi connectivity index (χ2v) is 7.64. The fraction of sp³-hybridized carbons (Fsp3) is 0.222. The molecule has 0 atom stereocenters. The van der Waals surface area contributed by atoms with Gasteiger partial charge in [0, 0.05) is 21.3 Å². The van der Waals surface area contributed by atoms with Gasteiger partial charge >= 0.3 is 0 Å². The Morgan fingerprint density at radius 1 is 1.00 bits per heavy atom. The van der Waals surface area contributed by atoms with Crippen LogP contribution in [0.5, 0.6) is 0 Å². The summed E-state index contributed by atoms with van der Waals surface area (Å²) in [6, 6.07) is 12.1. The van der Waals surface area contributed by atoms with Gasteiger partial charge in [-0.2, -0.15) is 0 Å². The summed E-state index contributed by atoms with van der Waals surface area (Å²) in [4.78, 5) is 12.2. The molecule has 24 heavy (non-hydrogen) atoms. The largest absolute Gasteiger partial charge is 0.332 e. The lowest BCUT2D eigenvalue weighted by molar-refractivity contribution is 0.0978. The van der Waals surface area contributed by atoms with Crippen molar-refractivity contribution >= 4 is 52.1 Å². The summed E-state index contributed by atoms with van der Waals surface area (Å²) in [5.41, 5.74) is 2.19. The second kappa shape index (κ2) is 7.51. The van der Waals surface area contributed by atoms with Crippen LogP contribution in [0.4, 0.5) is 5.69 Å². The quantitative estimate of drug-likeness (QED) is 0.683. The Kier molecular flexibility index (Phi) is 5.86. The number of benzene rings is 2. The standard InChI is InChI=1S/C18H18Cl2N2OS/c1-18(2,3)14-10-13(20)8-9-15(14)21-17(24)22-16(23)11-4-6-12(19)7-5-11/h4-10H,1-3H3,(H2,21,22,23,24). The molecule has 2 aromatic carbocycles. The second-order valence-electron chi connectivity index (χ2n) is 6.36. The number of thiocarbonyl (C=S) groups is 1. The molecule has 3 nitrogen and oxygen atoms in total. The number of hydrogen-bond donors (Lipinski definition) is 2. The van der Waals surface area contributed by atoms with E-state index in [0.29, 0.717) is 15.6 Å². The van der Waals surface area contributed by atoms with Crippen LogP contribution in [-0.2, 0) is 5.41 Å². The Labute approximate surface area is 157 Å². The minimum absolute atomic E-state index is 0.122. The predicted octanol–water partition coefficient (Wildman–Crippen LogP) is 5.42. The zero-order valence-electron chi connectivity index (χ0n) is 13.6. The summed E-state index contributed by atoms with van der Waals surface area (Å²) in [5, 5.41) is 7.19. The van der Waals surface area contributed by atoms with Crippen molar-refractivity contribution in [3.8, 4) is 0 Å². The van der Waals surface area contributed by atoms with E-state index in [9.17, 15) is 4.79 Å². The molecule has 0 bridgehead atoms. The third kappa shape index (κ3) is 4.94. The first-order valence-corrected chi connectivity index (χ1v) is 8.51. The highest BCUT2D eigenvalue weighted by Crippen LogP contribution is 2.31. The maximum absolute atomic E-state index is 12.2. The van der Waals surface area contributed by atoms with Gasteiger partial charge in [-0.05, 0) is 65.7 Å². The molecule has 126 valence electrons. The molecule has 0 heterocycles. The van der Waals surface area contributed by atoms with Crippen LogP contribution >= 0.6 is 35.4 Å². The van der Waals surface area contributed by atoms with Crippen molar-refractivity contribution in [2.24, 2.45) is 0 Å². The highest BCUT2D eigenvalue weighted by molar-refractivity contribution is 7.80. The van der Waals surface area contributed by atoms with Crippen LogP contribution in [0.2, 0.25) is 10.0 Å². The molecule has 2 N–H and O–H groups in total. The highest BCUT2D eigenvalue weighted by Gasteiger charge is 2.19. The molecule has 0 saturated heterocycles. The van der Waals surface area contributed by atoms with E-state index in [0.717, 1.165) is 11.3 Å². The number of halogens is 2. The normalized spacial score (nSPS) is 11.0. The van der Waals surface area contributed by atoms with E-state index in [2.05, 4.69) is 31.4 Å². The van der Waals surface area contributed by atoms with Crippen LogP contribution in [-0.4, -0.2) is 11.0 Å². The summed E-state index contributed by atoms with van der Waals surface area (Å²) < 4.78 is 0. The van der Waals surface area contributed by atoms with Gasteiger partial charge in [0.25, 0.3) is 5.91 Å². The molecule has 0 radical (unpaired) electrons. The summed E-state index contributed by atoms with van der Waals surface area (Å²) in [5.74, 6) is -0.296. The lowest BCUT2D eigenvalue weighted by Gasteiger charge is -2.24. The first kappa shape index (κ1) is 18.7. The van der Waals surface area contributed by atoms with Gasteiger partial charge in [-0.1, -0.05) is 44.0 Å². The molecule has 2 rings (SSSR count). The summed E-state index contributed by atoms with van der Waals surface area (Å²) in [6.07, 6.45) is 0. The molecule has 0 aliphatic heterocycles. The minimum atomic E-state index is -0.296. The third-order valence-electron chi connectivity index (χ3n) is 3.37. The molecule has 0 spiro atoms. The molecular weight excluding hydrogens is 363 g/mol. The molecule has 6 heteroatoms. The first-order chi connectivity index (χ1) is 11.2. The smallest absolute Gasteiger partial charge is 0.257 e. The van der Waals surface area contributed by atoms with E-state index < -0.39 is 0 Å². The van der Waals surface area contributed by atoms with Crippen LogP contribution in [0.1, 0.15) is 36.7 Å². The number of nitrogens with one attached hydrogen (secondary N) is 2. The van der Waals surface area contributed by atoms with Gasteiger partial charge in [0.05, 0.1) is 0 Å². The Bertz CT molecular complexity index is 768. The minimum Gasteiger partial charge on any atom is -0.332 e. The number of amides is 1. The number of anilines is 1. The van der Waals surface area contributed by atoms with E-state index in [4.69, 9.17) is 35.4 Å². The highest BCUT2D eigenvalue weighted by atomic mass is 35.5. The number of rotatable bonds is 2. The molecule has 0 aliphatic rings. The molecule has 2 aromatic rings. The molecule has 0 saturated carbocycles. The van der Waals surface area contributed by atoms with E-state index in [1.165, 1.54) is 0 Å². The van der Waals surface area contributed by atoms with Crippen molar-refractivity contribution < 1.29 is 4.79 Å². The lowest BCUT2D eigenvalue weighted by atomic mass is 9.86. The Balaban J connectivity index is 2.13. The van der Waals surface area contributed by atoms with Gasteiger partial charge in [-0.25, -0.2) is 0 Å². The van der Waals surface area contributed by atoms with Crippen molar-refractivity contribution in [1.29, 1.82) is 0 Å². The number of carbonyl (C=O) groups excluding carboxylic acids is 1. The van der Waals surface area contributed by atoms with E-state index in [-0.39, 0.29) is 16.4 Å². The van der Waals surface area contributed by atoms with Crippen molar-refractivity contribution in [1.82, 2.24) is 5.32 Å². The Hall–Kier alpha value is -1.62. The number of carbonyl (C=O) groups is 1. The first-order valence-electron chi connectivity index (χ1n) is 7.35. The monoisotopic (exact) mass is 380 g/mol. The lowest BCUT2D eigenvalue weighted by Crippen LogP contribution is -2.34. The maximum atomic E-state index is 12.2. The summed E-state index contributed by atoms with van der Waals surface area (Å²) in [6.45, 7) is 6.25. The SMILES string of the molecule is CC(C)(C)c1cc(Cl)ccc1NC(=S)NC(=O)c1ccc(Cl)cc1. The van der Waals surface area contributed by atoms with Crippen molar-refractivity contribution in [3.05, 3.63) is 63.6 Å². The summed E-state index contributed by atoms with van der Waals surface area (Å²) >= 11 is 17.2. The van der Waals surface area contributed by atoms with Crippen LogP contribution in [0, 0.1) is 0 Å². The zero-order valence-corrected chi connectivity index (χ0v) is 15.9. The fourth-order valence-electron chi connectivity index (χ4n) is 2.18. The van der Waals surface area contributed by atoms with Gasteiger partial charge in [0.2, 0.25) is 0 Å². The average molecular weight is 381 g/mol.